The second kappa shape index (κ2) is 6.56. The van der Waals surface area contributed by atoms with Crippen molar-refractivity contribution in [2.75, 3.05) is 43.1 Å². The highest BCUT2D eigenvalue weighted by Gasteiger charge is 2.23. The number of hydrogen-bond acceptors (Lipinski definition) is 5. The molecule has 23 heavy (non-hydrogen) atoms. The largest absolute Gasteiger partial charge is 0.497 e. The Morgan fingerprint density at radius 3 is 2.17 bits per heavy atom. The van der Waals surface area contributed by atoms with Gasteiger partial charge in [-0.05, 0) is 30.3 Å². The van der Waals surface area contributed by atoms with Gasteiger partial charge in [0.2, 0.25) is 0 Å². The van der Waals surface area contributed by atoms with Gasteiger partial charge in [-0.2, -0.15) is 0 Å². The quantitative estimate of drug-likeness (QED) is 0.641. The van der Waals surface area contributed by atoms with Crippen LogP contribution in [0.25, 0.3) is 0 Å². The van der Waals surface area contributed by atoms with Crippen LogP contribution in [0.3, 0.4) is 0 Å². The van der Waals surface area contributed by atoms with Crippen LogP contribution in [0.4, 0.5) is 17.1 Å². The molecule has 0 saturated carbocycles. The molecule has 1 fully saturated rings. The van der Waals surface area contributed by atoms with Gasteiger partial charge in [-0.25, -0.2) is 0 Å². The van der Waals surface area contributed by atoms with Crippen LogP contribution in [0.15, 0.2) is 48.5 Å². The molecule has 1 saturated heterocycles. The van der Waals surface area contributed by atoms with E-state index in [0.29, 0.717) is 5.69 Å². The monoisotopic (exact) mass is 313 g/mol. The van der Waals surface area contributed by atoms with Crippen LogP contribution < -0.4 is 14.5 Å². The van der Waals surface area contributed by atoms with Crippen molar-refractivity contribution in [3.8, 4) is 5.75 Å². The Balaban J connectivity index is 1.70. The van der Waals surface area contributed by atoms with Crippen molar-refractivity contribution in [1.82, 2.24) is 0 Å². The van der Waals surface area contributed by atoms with Crippen LogP contribution in [-0.2, 0) is 0 Å². The standard InChI is InChI=1S/C17H19N3O3/c1-23-15-8-6-14(7-9-15)18-10-12-19(13-11-18)16-4-2-3-5-17(16)20(21)22/h2-9H,10-13H2,1H3. The van der Waals surface area contributed by atoms with E-state index >= 15 is 0 Å². The van der Waals surface area contributed by atoms with E-state index < -0.39 is 0 Å². The lowest BCUT2D eigenvalue weighted by Crippen LogP contribution is -2.46. The van der Waals surface area contributed by atoms with Crippen LogP contribution in [-0.4, -0.2) is 38.2 Å². The lowest BCUT2D eigenvalue weighted by atomic mass is 10.2. The van der Waals surface area contributed by atoms with Gasteiger partial charge in [0.25, 0.3) is 5.69 Å². The molecule has 2 aromatic carbocycles. The molecule has 0 atom stereocenters. The fraction of sp³-hybridized carbons (Fsp3) is 0.294. The molecule has 0 amide bonds. The maximum absolute atomic E-state index is 11.2. The van der Waals surface area contributed by atoms with Gasteiger partial charge in [-0.1, -0.05) is 12.1 Å². The van der Waals surface area contributed by atoms with E-state index in [0.717, 1.165) is 37.6 Å². The van der Waals surface area contributed by atoms with Gasteiger partial charge < -0.3 is 14.5 Å². The zero-order valence-corrected chi connectivity index (χ0v) is 13.0. The molecule has 3 rings (SSSR count). The van der Waals surface area contributed by atoms with Crippen LogP contribution in [0.1, 0.15) is 0 Å². The molecular formula is C17H19N3O3. The highest BCUT2D eigenvalue weighted by Crippen LogP contribution is 2.29. The van der Waals surface area contributed by atoms with Gasteiger partial charge in [-0.15, -0.1) is 0 Å². The van der Waals surface area contributed by atoms with Gasteiger partial charge >= 0.3 is 0 Å². The topological polar surface area (TPSA) is 58.8 Å². The molecular weight excluding hydrogens is 294 g/mol. The SMILES string of the molecule is COc1ccc(N2CCN(c3ccccc3[N+](=O)[O-])CC2)cc1. The molecule has 6 heteroatoms. The molecule has 0 unspecified atom stereocenters. The fourth-order valence-corrected chi connectivity index (χ4v) is 2.88. The number of nitro groups is 1. The van der Waals surface area contributed by atoms with Crippen molar-refractivity contribution < 1.29 is 9.66 Å². The van der Waals surface area contributed by atoms with Gasteiger partial charge in [-0.3, -0.25) is 10.1 Å². The first-order valence-electron chi connectivity index (χ1n) is 7.56. The van der Waals surface area contributed by atoms with Crippen LogP contribution in [0, 0.1) is 10.1 Å². The maximum Gasteiger partial charge on any atom is 0.292 e. The van der Waals surface area contributed by atoms with Crippen molar-refractivity contribution in [3.05, 3.63) is 58.6 Å². The molecule has 1 aliphatic heterocycles. The average molecular weight is 313 g/mol. The molecule has 0 radical (unpaired) electrons. The van der Waals surface area contributed by atoms with Gasteiger partial charge in [0.05, 0.1) is 12.0 Å². The summed E-state index contributed by atoms with van der Waals surface area (Å²) in [5, 5.41) is 11.2. The molecule has 1 heterocycles. The summed E-state index contributed by atoms with van der Waals surface area (Å²) in [5.41, 5.74) is 2.02. The van der Waals surface area contributed by atoms with Gasteiger partial charge in [0, 0.05) is 37.9 Å². The Bertz CT molecular complexity index is 680. The Kier molecular flexibility index (Phi) is 4.32. The average Bonchev–Trinajstić information content (AvgIpc) is 2.62. The van der Waals surface area contributed by atoms with Crippen molar-refractivity contribution in [1.29, 1.82) is 0 Å². The third kappa shape index (κ3) is 3.21. The number of rotatable bonds is 4. The molecule has 1 aliphatic rings. The van der Waals surface area contributed by atoms with Crippen molar-refractivity contribution in [2.45, 2.75) is 0 Å². The summed E-state index contributed by atoms with van der Waals surface area (Å²) in [6.07, 6.45) is 0. The number of nitrogens with zero attached hydrogens (tertiary/aromatic N) is 3. The van der Waals surface area contributed by atoms with E-state index in [1.807, 2.05) is 36.4 Å². The first kappa shape index (κ1) is 15.1. The van der Waals surface area contributed by atoms with E-state index in [2.05, 4.69) is 9.80 Å². The molecule has 0 bridgehead atoms. The summed E-state index contributed by atoms with van der Waals surface area (Å²) < 4.78 is 5.18. The lowest BCUT2D eigenvalue weighted by Gasteiger charge is -2.37. The summed E-state index contributed by atoms with van der Waals surface area (Å²) in [7, 11) is 1.65. The normalized spacial score (nSPS) is 14.7. The van der Waals surface area contributed by atoms with E-state index in [-0.39, 0.29) is 10.6 Å². The highest BCUT2D eigenvalue weighted by molar-refractivity contribution is 5.64. The first-order valence-corrected chi connectivity index (χ1v) is 7.56. The zero-order valence-electron chi connectivity index (χ0n) is 13.0. The highest BCUT2D eigenvalue weighted by atomic mass is 16.6. The first-order chi connectivity index (χ1) is 11.2. The second-order valence-corrected chi connectivity index (χ2v) is 5.42. The fourth-order valence-electron chi connectivity index (χ4n) is 2.88. The van der Waals surface area contributed by atoms with Crippen molar-refractivity contribution in [3.63, 3.8) is 0 Å². The predicted molar refractivity (Wildman–Crippen MR) is 90.5 cm³/mol. The molecule has 2 aromatic rings. The van der Waals surface area contributed by atoms with E-state index in [1.165, 1.54) is 0 Å². The summed E-state index contributed by atoms with van der Waals surface area (Å²) in [4.78, 5) is 15.2. The zero-order chi connectivity index (χ0) is 16.2. The smallest absolute Gasteiger partial charge is 0.292 e. The van der Waals surface area contributed by atoms with Crippen LogP contribution in [0.2, 0.25) is 0 Å². The predicted octanol–water partition coefficient (Wildman–Crippen LogP) is 2.93. The number of anilines is 2. The van der Waals surface area contributed by atoms with Crippen LogP contribution in [0.5, 0.6) is 5.75 Å². The maximum atomic E-state index is 11.2. The third-order valence-corrected chi connectivity index (χ3v) is 4.14. The Hall–Kier alpha value is -2.76. The number of para-hydroxylation sites is 2. The van der Waals surface area contributed by atoms with E-state index in [9.17, 15) is 10.1 Å². The second-order valence-electron chi connectivity index (χ2n) is 5.42. The minimum absolute atomic E-state index is 0.172. The van der Waals surface area contributed by atoms with E-state index in [1.54, 1.807) is 19.2 Å². The van der Waals surface area contributed by atoms with Gasteiger partial charge in [0.15, 0.2) is 0 Å². The lowest BCUT2D eigenvalue weighted by molar-refractivity contribution is -0.384. The molecule has 0 aromatic heterocycles. The molecule has 6 nitrogen and oxygen atoms in total. The number of benzene rings is 2. The molecule has 0 spiro atoms. The van der Waals surface area contributed by atoms with Crippen molar-refractivity contribution >= 4 is 17.1 Å². The number of piperazine rings is 1. The Morgan fingerprint density at radius 2 is 1.57 bits per heavy atom. The van der Waals surface area contributed by atoms with Gasteiger partial charge in [0.1, 0.15) is 11.4 Å². The Morgan fingerprint density at radius 1 is 0.957 bits per heavy atom. The summed E-state index contributed by atoms with van der Waals surface area (Å²) >= 11 is 0. The number of hydrogen-bond donors (Lipinski definition) is 0. The number of ether oxygens (including phenoxy) is 1. The van der Waals surface area contributed by atoms with Crippen LogP contribution >= 0.6 is 0 Å². The minimum Gasteiger partial charge on any atom is -0.497 e. The van der Waals surface area contributed by atoms with Crippen molar-refractivity contribution in [2.24, 2.45) is 0 Å². The molecule has 120 valence electrons. The summed E-state index contributed by atoms with van der Waals surface area (Å²) in [6.45, 7) is 3.19. The number of methoxy groups -OCH3 is 1. The Labute approximate surface area is 135 Å². The minimum atomic E-state index is -0.314. The number of nitro benzene ring substituents is 1. The molecule has 0 aliphatic carbocycles. The summed E-state index contributed by atoms with van der Waals surface area (Å²) in [6, 6.07) is 14.9. The summed E-state index contributed by atoms with van der Waals surface area (Å²) in [5.74, 6) is 0.840. The van der Waals surface area contributed by atoms with E-state index in [4.69, 9.17) is 4.74 Å². The third-order valence-electron chi connectivity index (χ3n) is 4.14. The molecule has 0 N–H and O–H groups in total.